The smallest absolute Gasteiger partial charge is 0.113 e. The van der Waals surface area contributed by atoms with Crippen molar-refractivity contribution in [1.82, 2.24) is 4.98 Å². The molecule has 0 amide bonds. The van der Waals surface area contributed by atoms with E-state index in [4.69, 9.17) is 5.73 Å². The van der Waals surface area contributed by atoms with Crippen LogP contribution in [0.15, 0.2) is 0 Å². The van der Waals surface area contributed by atoms with Crippen molar-refractivity contribution in [3.63, 3.8) is 0 Å². The predicted octanol–water partition coefficient (Wildman–Crippen LogP) is 2.73. The van der Waals surface area contributed by atoms with Crippen molar-refractivity contribution in [1.29, 1.82) is 0 Å². The molecule has 1 heterocycles. The maximum Gasteiger partial charge on any atom is 0.113 e. The van der Waals surface area contributed by atoms with Crippen LogP contribution in [0.1, 0.15) is 41.8 Å². The van der Waals surface area contributed by atoms with Crippen molar-refractivity contribution < 1.29 is 0 Å². The molecule has 2 N–H and O–H groups in total. The third-order valence-corrected chi connectivity index (χ3v) is 4.54. The Labute approximate surface area is 89.5 Å². The van der Waals surface area contributed by atoms with Crippen LogP contribution in [0.5, 0.6) is 0 Å². The summed E-state index contributed by atoms with van der Waals surface area (Å²) in [5.41, 5.74) is 7.43. The fourth-order valence-corrected chi connectivity index (χ4v) is 3.26. The SMILES string of the molecule is Cc1nc(C2(N)CCC(C)C2)sc1C. The molecule has 1 saturated carbocycles. The average Bonchev–Trinajstić information content (AvgIpc) is 2.60. The molecule has 0 aliphatic heterocycles. The standard InChI is InChI=1S/C11H18N2S/c1-7-4-5-11(12,6-7)10-13-8(2)9(3)14-10/h7H,4-6,12H2,1-3H3. The van der Waals surface area contributed by atoms with Crippen LogP contribution >= 0.6 is 11.3 Å². The predicted molar refractivity (Wildman–Crippen MR) is 60.5 cm³/mol. The van der Waals surface area contributed by atoms with Crippen LogP contribution in [0.4, 0.5) is 0 Å². The number of thiazole rings is 1. The van der Waals surface area contributed by atoms with E-state index >= 15 is 0 Å². The molecule has 1 aliphatic carbocycles. The van der Waals surface area contributed by atoms with E-state index in [0.717, 1.165) is 29.5 Å². The monoisotopic (exact) mass is 210 g/mol. The molecule has 14 heavy (non-hydrogen) atoms. The Kier molecular flexibility index (Phi) is 2.40. The van der Waals surface area contributed by atoms with Gasteiger partial charge in [-0.1, -0.05) is 6.92 Å². The molecule has 0 bridgehead atoms. The Morgan fingerprint density at radius 3 is 2.64 bits per heavy atom. The highest BCUT2D eigenvalue weighted by atomic mass is 32.1. The van der Waals surface area contributed by atoms with Crippen LogP contribution in [0.25, 0.3) is 0 Å². The van der Waals surface area contributed by atoms with Crippen LogP contribution in [0.3, 0.4) is 0 Å². The molecule has 1 fully saturated rings. The average molecular weight is 210 g/mol. The summed E-state index contributed by atoms with van der Waals surface area (Å²) in [6.45, 7) is 6.47. The first-order valence-corrected chi connectivity index (χ1v) is 6.06. The summed E-state index contributed by atoms with van der Waals surface area (Å²) in [5.74, 6) is 0.754. The fraction of sp³-hybridized carbons (Fsp3) is 0.727. The second-order valence-electron chi connectivity index (χ2n) is 4.66. The quantitative estimate of drug-likeness (QED) is 0.774. The third kappa shape index (κ3) is 1.59. The van der Waals surface area contributed by atoms with Gasteiger partial charge in [-0.25, -0.2) is 4.98 Å². The van der Waals surface area contributed by atoms with Gasteiger partial charge in [-0.3, -0.25) is 0 Å². The van der Waals surface area contributed by atoms with E-state index < -0.39 is 0 Å². The molecule has 78 valence electrons. The first-order chi connectivity index (χ1) is 6.51. The molecule has 0 radical (unpaired) electrons. The van der Waals surface area contributed by atoms with Gasteiger partial charge >= 0.3 is 0 Å². The number of aromatic nitrogens is 1. The number of nitrogens with two attached hydrogens (primary N) is 1. The summed E-state index contributed by atoms with van der Waals surface area (Å²) >= 11 is 1.78. The molecule has 2 unspecified atom stereocenters. The highest BCUT2D eigenvalue weighted by Crippen LogP contribution is 2.41. The molecule has 3 heteroatoms. The normalized spacial score (nSPS) is 32.4. The molecule has 1 aromatic heterocycles. The summed E-state index contributed by atoms with van der Waals surface area (Å²) in [6, 6.07) is 0. The van der Waals surface area contributed by atoms with Gasteiger partial charge in [-0.15, -0.1) is 11.3 Å². The fourth-order valence-electron chi connectivity index (χ4n) is 2.21. The first kappa shape index (κ1) is 10.1. The molecule has 1 aliphatic rings. The molecule has 0 aromatic carbocycles. The summed E-state index contributed by atoms with van der Waals surface area (Å²) in [5, 5.41) is 1.15. The van der Waals surface area contributed by atoms with Crippen LogP contribution in [-0.4, -0.2) is 4.98 Å². The van der Waals surface area contributed by atoms with Crippen molar-refractivity contribution in [3.05, 3.63) is 15.6 Å². The Hall–Kier alpha value is -0.410. The van der Waals surface area contributed by atoms with Crippen molar-refractivity contribution in [2.24, 2.45) is 11.7 Å². The van der Waals surface area contributed by atoms with Gasteiger partial charge in [0.2, 0.25) is 0 Å². The van der Waals surface area contributed by atoms with E-state index in [1.54, 1.807) is 11.3 Å². The summed E-state index contributed by atoms with van der Waals surface area (Å²) in [4.78, 5) is 5.90. The highest BCUT2D eigenvalue weighted by Gasteiger charge is 2.37. The number of hydrogen-bond acceptors (Lipinski definition) is 3. The molecule has 2 nitrogen and oxygen atoms in total. The van der Waals surface area contributed by atoms with E-state index in [-0.39, 0.29) is 5.54 Å². The summed E-state index contributed by atoms with van der Waals surface area (Å²) < 4.78 is 0. The van der Waals surface area contributed by atoms with Crippen LogP contribution in [0, 0.1) is 19.8 Å². The number of nitrogens with zero attached hydrogens (tertiary/aromatic N) is 1. The Bertz CT molecular complexity index is 326. The zero-order valence-electron chi connectivity index (χ0n) is 9.13. The summed E-state index contributed by atoms with van der Waals surface area (Å²) in [7, 11) is 0. The maximum absolute atomic E-state index is 6.40. The molecule has 2 atom stereocenters. The number of hydrogen-bond donors (Lipinski definition) is 1. The van der Waals surface area contributed by atoms with Crippen molar-refractivity contribution in [2.45, 2.75) is 45.6 Å². The lowest BCUT2D eigenvalue weighted by Gasteiger charge is -2.20. The Morgan fingerprint density at radius 1 is 1.50 bits per heavy atom. The molecule has 2 rings (SSSR count). The van der Waals surface area contributed by atoms with Gasteiger partial charge in [0.25, 0.3) is 0 Å². The molecule has 0 spiro atoms. The highest BCUT2D eigenvalue weighted by molar-refractivity contribution is 7.11. The van der Waals surface area contributed by atoms with E-state index in [9.17, 15) is 0 Å². The van der Waals surface area contributed by atoms with Gasteiger partial charge in [0.05, 0.1) is 11.2 Å². The Morgan fingerprint density at radius 2 is 2.21 bits per heavy atom. The second kappa shape index (κ2) is 3.31. The molecule has 0 saturated heterocycles. The van der Waals surface area contributed by atoms with E-state index in [0.29, 0.717) is 0 Å². The van der Waals surface area contributed by atoms with Crippen molar-refractivity contribution in [3.8, 4) is 0 Å². The molecule has 1 aromatic rings. The van der Waals surface area contributed by atoms with Gasteiger partial charge < -0.3 is 5.73 Å². The van der Waals surface area contributed by atoms with E-state index in [2.05, 4.69) is 25.8 Å². The number of aryl methyl sites for hydroxylation is 2. The van der Waals surface area contributed by atoms with Crippen LogP contribution < -0.4 is 5.73 Å². The lowest BCUT2D eigenvalue weighted by atomic mass is 9.99. The minimum absolute atomic E-state index is 0.122. The number of rotatable bonds is 1. The van der Waals surface area contributed by atoms with Gasteiger partial charge in [0.15, 0.2) is 0 Å². The molecular weight excluding hydrogens is 192 g/mol. The minimum Gasteiger partial charge on any atom is -0.319 e. The zero-order valence-corrected chi connectivity index (χ0v) is 9.95. The zero-order chi connectivity index (χ0) is 10.3. The first-order valence-electron chi connectivity index (χ1n) is 5.25. The van der Waals surface area contributed by atoms with Crippen LogP contribution in [0.2, 0.25) is 0 Å². The van der Waals surface area contributed by atoms with Gasteiger partial charge in [0.1, 0.15) is 5.01 Å². The topological polar surface area (TPSA) is 38.9 Å². The minimum atomic E-state index is -0.122. The second-order valence-corrected chi connectivity index (χ2v) is 5.87. The van der Waals surface area contributed by atoms with Crippen LogP contribution in [-0.2, 0) is 5.54 Å². The summed E-state index contributed by atoms with van der Waals surface area (Å²) in [6.07, 6.45) is 3.44. The van der Waals surface area contributed by atoms with Crippen molar-refractivity contribution in [2.75, 3.05) is 0 Å². The van der Waals surface area contributed by atoms with Gasteiger partial charge in [-0.2, -0.15) is 0 Å². The van der Waals surface area contributed by atoms with Crippen molar-refractivity contribution >= 4 is 11.3 Å². The lowest BCUT2D eigenvalue weighted by Crippen LogP contribution is -2.33. The van der Waals surface area contributed by atoms with E-state index in [1.807, 2.05) is 0 Å². The lowest BCUT2D eigenvalue weighted by molar-refractivity contribution is 0.438. The van der Waals surface area contributed by atoms with Gasteiger partial charge in [0, 0.05) is 4.88 Å². The van der Waals surface area contributed by atoms with E-state index in [1.165, 1.54) is 11.3 Å². The third-order valence-electron chi connectivity index (χ3n) is 3.25. The van der Waals surface area contributed by atoms with Gasteiger partial charge in [-0.05, 0) is 39.0 Å². The largest absolute Gasteiger partial charge is 0.319 e. The molecular formula is C11H18N2S. The maximum atomic E-state index is 6.40. The Balaban J connectivity index is 2.30.